The summed E-state index contributed by atoms with van der Waals surface area (Å²) >= 11 is 0. The van der Waals surface area contributed by atoms with E-state index in [1.807, 2.05) is 0 Å². The van der Waals surface area contributed by atoms with Crippen LogP contribution in [0.4, 0.5) is 4.39 Å². The molecular weight excluding hydrogens is 477 g/mol. The van der Waals surface area contributed by atoms with Gasteiger partial charge in [0.05, 0.1) is 53.0 Å². The maximum Gasteiger partial charge on any atom is 0.329 e. The summed E-state index contributed by atoms with van der Waals surface area (Å²) in [7, 11) is 1.66. The number of aromatic nitrogens is 4. The summed E-state index contributed by atoms with van der Waals surface area (Å²) in [5.41, 5.74) is 2.03. The molecule has 0 aliphatic carbocycles. The summed E-state index contributed by atoms with van der Waals surface area (Å²) in [5, 5.41) is 10.5. The van der Waals surface area contributed by atoms with E-state index in [2.05, 4.69) is 14.9 Å². The molecule has 1 N–H and O–H groups in total. The predicted molar refractivity (Wildman–Crippen MR) is 138 cm³/mol. The fourth-order valence-corrected chi connectivity index (χ4v) is 5.52. The Hall–Kier alpha value is -3.50. The standard InChI is InChI=1S/C27H30FN5O4/c1-31-21-14-29-20-12-19(28)23(26-24(20)25(21)33(27(31)35)18(15-34)16-37-26)17-6-7-22(30-13-17)36-11-5-10-32-8-3-2-4-9-32/h6-7,12-14,18,34H,2-5,8-11,15-16H2,1H3. The van der Waals surface area contributed by atoms with Crippen molar-refractivity contribution in [2.75, 3.05) is 39.5 Å². The summed E-state index contributed by atoms with van der Waals surface area (Å²) in [5.74, 6) is 0.274. The number of nitrogens with zero attached hydrogens (tertiary/aromatic N) is 5. The molecule has 2 aliphatic rings. The van der Waals surface area contributed by atoms with Gasteiger partial charge in [-0.1, -0.05) is 6.42 Å². The number of aliphatic hydroxyl groups is 1. The number of ether oxygens (including phenoxy) is 2. The van der Waals surface area contributed by atoms with Crippen LogP contribution in [0.1, 0.15) is 31.7 Å². The molecule has 194 valence electrons. The molecule has 9 nitrogen and oxygen atoms in total. The van der Waals surface area contributed by atoms with Gasteiger partial charge in [-0.3, -0.25) is 14.1 Å². The molecule has 2 aliphatic heterocycles. The van der Waals surface area contributed by atoms with Crippen molar-refractivity contribution < 1.29 is 19.0 Å². The maximum atomic E-state index is 15.5. The Morgan fingerprint density at radius 1 is 1.19 bits per heavy atom. The third kappa shape index (κ3) is 4.14. The highest BCUT2D eigenvalue weighted by molar-refractivity contribution is 6.09. The van der Waals surface area contributed by atoms with Crippen LogP contribution in [-0.2, 0) is 7.05 Å². The highest BCUT2D eigenvalue weighted by Crippen LogP contribution is 2.43. The van der Waals surface area contributed by atoms with E-state index in [0.29, 0.717) is 45.7 Å². The van der Waals surface area contributed by atoms with E-state index < -0.39 is 11.9 Å². The fourth-order valence-electron chi connectivity index (χ4n) is 5.52. The molecule has 5 heterocycles. The number of piperidine rings is 1. The van der Waals surface area contributed by atoms with Crippen molar-refractivity contribution in [3.63, 3.8) is 0 Å². The number of aryl methyl sites for hydroxylation is 1. The topological polar surface area (TPSA) is 94.6 Å². The van der Waals surface area contributed by atoms with Crippen LogP contribution in [0.15, 0.2) is 35.4 Å². The first-order chi connectivity index (χ1) is 18.1. The van der Waals surface area contributed by atoms with Gasteiger partial charge >= 0.3 is 5.69 Å². The van der Waals surface area contributed by atoms with Crippen LogP contribution in [0, 0.1) is 5.82 Å². The number of hydrogen-bond acceptors (Lipinski definition) is 7. The first kappa shape index (κ1) is 23.9. The molecule has 1 fully saturated rings. The molecule has 0 bridgehead atoms. The third-order valence-corrected chi connectivity index (χ3v) is 7.45. The number of imidazole rings is 1. The first-order valence-electron chi connectivity index (χ1n) is 12.8. The highest BCUT2D eigenvalue weighted by atomic mass is 19.1. The minimum Gasteiger partial charge on any atom is -0.490 e. The Morgan fingerprint density at radius 2 is 2.03 bits per heavy atom. The Kier molecular flexibility index (Phi) is 6.29. The van der Waals surface area contributed by atoms with Crippen LogP contribution in [0.5, 0.6) is 11.6 Å². The van der Waals surface area contributed by atoms with Crippen molar-refractivity contribution in [2.45, 2.75) is 31.7 Å². The van der Waals surface area contributed by atoms with Crippen LogP contribution in [-0.4, -0.2) is 68.6 Å². The Bertz CT molecular complexity index is 1510. The van der Waals surface area contributed by atoms with E-state index in [-0.39, 0.29) is 24.5 Å². The average molecular weight is 508 g/mol. The zero-order valence-corrected chi connectivity index (χ0v) is 20.8. The van der Waals surface area contributed by atoms with Crippen molar-refractivity contribution in [3.05, 3.63) is 46.9 Å². The quantitative estimate of drug-likeness (QED) is 0.384. The van der Waals surface area contributed by atoms with E-state index in [9.17, 15) is 9.90 Å². The molecule has 37 heavy (non-hydrogen) atoms. The zero-order valence-electron chi connectivity index (χ0n) is 20.8. The lowest BCUT2D eigenvalue weighted by molar-refractivity contribution is 0.170. The molecule has 3 aromatic heterocycles. The second kappa shape index (κ2) is 9.75. The maximum absolute atomic E-state index is 15.5. The predicted octanol–water partition coefficient (Wildman–Crippen LogP) is 3.27. The molecule has 1 saturated heterocycles. The SMILES string of the molecule is Cn1c(=O)n2c3c4c(c(-c5ccc(OCCCN6CCCCC6)nc5)c(F)cc4ncc31)OCC2CO. The van der Waals surface area contributed by atoms with Gasteiger partial charge in [-0.15, -0.1) is 0 Å². The van der Waals surface area contributed by atoms with Crippen molar-refractivity contribution in [3.8, 4) is 22.8 Å². The number of likely N-dealkylation sites (tertiary alicyclic amines) is 1. The largest absolute Gasteiger partial charge is 0.490 e. The minimum atomic E-state index is -0.607. The molecule has 4 aromatic rings. The van der Waals surface area contributed by atoms with Gasteiger partial charge in [0.25, 0.3) is 0 Å². The second-order valence-corrected chi connectivity index (χ2v) is 9.80. The van der Waals surface area contributed by atoms with Crippen LogP contribution >= 0.6 is 0 Å². The summed E-state index contributed by atoms with van der Waals surface area (Å²) in [4.78, 5) is 24.3. The molecule has 1 aromatic carbocycles. The summed E-state index contributed by atoms with van der Waals surface area (Å²) in [6.45, 7) is 3.63. The molecule has 10 heteroatoms. The lowest BCUT2D eigenvalue weighted by atomic mass is 10.0. The number of halogens is 1. The monoisotopic (exact) mass is 507 g/mol. The van der Waals surface area contributed by atoms with Gasteiger partial charge in [0.15, 0.2) is 0 Å². The van der Waals surface area contributed by atoms with Crippen molar-refractivity contribution in [2.24, 2.45) is 7.05 Å². The molecular formula is C27H30FN5O4. The van der Waals surface area contributed by atoms with Gasteiger partial charge in [-0.05, 0) is 38.4 Å². The number of hydrogen-bond donors (Lipinski definition) is 1. The molecule has 0 spiro atoms. The van der Waals surface area contributed by atoms with Crippen molar-refractivity contribution in [1.82, 2.24) is 24.0 Å². The first-order valence-corrected chi connectivity index (χ1v) is 12.8. The van der Waals surface area contributed by atoms with Gasteiger partial charge in [0.1, 0.15) is 18.2 Å². The van der Waals surface area contributed by atoms with E-state index in [1.165, 1.54) is 34.5 Å². The Morgan fingerprint density at radius 3 is 2.78 bits per heavy atom. The lowest BCUT2D eigenvalue weighted by Crippen LogP contribution is -2.31. The molecule has 1 unspecified atom stereocenters. The fraction of sp³-hybridized carbons (Fsp3) is 0.444. The van der Waals surface area contributed by atoms with Crippen LogP contribution in [0.25, 0.3) is 33.1 Å². The van der Waals surface area contributed by atoms with E-state index in [1.54, 1.807) is 31.6 Å². The number of pyridine rings is 2. The number of aliphatic hydroxyl groups excluding tert-OH is 1. The minimum absolute atomic E-state index is 0.0153. The van der Waals surface area contributed by atoms with Gasteiger partial charge in [-0.25, -0.2) is 14.2 Å². The van der Waals surface area contributed by atoms with E-state index in [0.717, 1.165) is 26.1 Å². The van der Waals surface area contributed by atoms with Crippen molar-refractivity contribution in [1.29, 1.82) is 0 Å². The van der Waals surface area contributed by atoms with Crippen LogP contribution in [0.2, 0.25) is 0 Å². The molecule has 0 saturated carbocycles. The average Bonchev–Trinajstić information content (AvgIpc) is 3.06. The molecule has 0 amide bonds. The Balaban J connectivity index is 1.32. The highest BCUT2D eigenvalue weighted by Gasteiger charge is 2.29. The van der Waals surface area contributed by atoms with E-state index >= 15 is 4.39 Å². The normalized spacial score (nSPS) is 17.9. The van der Waals surface area contributed by atoms with Crippen LogP contribution in [0.3, 0.4) is 0 Å². The number of rotatable bonds is 7. The smallest absolute Gasteiger partial charge is 0.329 e. The molecule has 0 radical (unpaired) electrons. The third-order valence-electron chi connectivity index (χ3n) is 7.45. The molecule has 1 atom stereocenters. The van der Waals surface area contributed by atoms with Gasteiger partial charge in [0.2, 0.25) is 5.88 Å². The van der Waals surface area contributed by atoms with E-state index in [4.69, 9.17) is 9.47 Å². The Labute approximate surface area is 213 Å². The summed E-state index contributed by atoms with van der Waals surface area (Å²) in [6, 6.07) is 4.24. The summed E-state index contributed by atoms with van der Waals surface area (Å²) < 4.78 is 30.4. The van der Waals surface area contributed by atoms with Gasteiger partial charge < -0.3 is 19.5 Å². The van der Waals surface area contributed by atoms with Gasteiger partial charge in [-0.2, -0.15) is 0 Å². The van der Waals surface area contributed by atoms with Crippen molar-refractivity contribution >= 4 is 21.9 Å². The number of benzene rings is 1. The zero-order chi connectivity index (χ0) is 25.5. The van der Waals surface area contributed by atoms with Crippen LogP contribution < -0.4 is 15.2 Å². The lowest BCUT2D eigenvalue weighted by Gasteiger charge is -2.26. The second-order valence-electron chi connectivity index (χ2n) is 9.80. The molecule has 6 rings (SSSR count). The summed E-state index contributed by atoms with van der Waals surface area (Å²) in [6.07, 6.45) is 7.91. The van der Waals surface area contributed by atoms with Gasteiger partial charge in [0, 0.05) is 37.5 Å².